The van der Waals surface area contributed by atoms with Crippen LogP contribution in [-0.4, -0.2) is 5.54 Å². The number of hydrogen-bond acceptors (Lipinski definition) is 1. The van der Waals surface area contributed by atoms with E-state index in [1.807, 2.05) is 0 Å². The van der Waals surface area contributed by atoms with Crippen LogP contribution in [0.1, 0.15) is 51.4 Å². The molecule has 1 heteroatoms. The van der Waals surface area contributed by atoms with Gasteiger partial charge in [-0.05, 0) is 31.6 Å². The van der Waals surface area contributed by atoms with Crippen molar-refractivity contribution in [2.45, 2.75) is 56.9 Å². The first-order chi connectivity index (χ1) is 5.31. The molecule has 0 aromatic heterocycles. The quantitative estimate of drug-likeness (QED) is 0.568. The zero-order valence-electron chi connectivity index (χ0n) is 7.31. The molecule has 0 heterocycles. The maximum absolute atomic E-state index is 6.36. The Hall–Kier alpha value is -0.0400. The normalized spacial score (nSPS) is 45.0. The van der Waals surface area contributed by atoms with E-state index in [1.54, 1.807) is 0 Å². The third-order valence-corrected chi connectivity index (χ3v) is 3.70. The Morgan fingerprint density at radius 2 is 1.45 bits per heavy atom. The lowest BCUT2D eigenvalue weighted by molar-refractivity contribution is 0.131. The molecule has 0 radical (unpaired) electrons. The van der Waals surface area contributed by atoms with Crippen molar-refractivity contribution in [3.8, 4) is 0 Å². The molecule has 0 atom stereocenters. The zero-order valence-corrected chi connectivity index (χ0v) is 7.31. The number of rotatable bonds is 0. The molecule has 2 rings (SSSR count). The summed E-state index contributed by atoms with van der Waals surface area (Å²) in [4.78, 5) is 0. The molecule has 0 aromatic carbocycles. The van der Waals surface area contributed by atoms with Crippen LogP contribution < -0.4 is 5.73 Å². The van der Waals surface area contributed by atoms with Crippen LogP contribution >= 0.6 is 0 Å². The Labute approximate surface area is 69.4 Å². The monoisotopic (exact) mass is 153 g/mol. The van der Waals surface area contributed by atoms with E-state index >= 15 is 0 Å². The van der Waals surface area contributed by atoms with Crippen LogP contribution in [0.2, 0.25) is 0 Å². The Morgan fingerprint density at radius 3 is 1.91 bits per heavy atom. The van der Waals surface area contributed by atoms with Crippen molar-refractivity contribution in [2.75, 3.05) is 0 Å². The van der Waals surface area contributed by atoms with E-state index in [2.05, 4.69) is 0 Å². The van der Waals surface area contributed by atoms with E-state index in [1.165, 1.54) is 51.4 Å². The minimum atomic E-state index is 0.274. The van der Waals surface area contributed by atoms with Crippen LogP contribution in [0.5, 0.6) is 0 Å². The Balaban J connectivity index is 2.06. The molecule has 2 saturated carbocycles. The maximum Gasteiger partial charge on any atom is 0.0182 e. The van der Waals surface area contributed by atoms with Gasteiger partial charge in [0.1, 0.15) is 0 Å². The molecule has 11 heavy (non-hydrogen) atoms. The highest BCUT2D eigenvalue weighted by Crippen LogP contribution is 2.41. The topological polar surface area (TPSA) is 26.0 Å². The van der Waals surface area contributed by atoms with Crippen LogP contribution in [0.3, 0.4) is 0 Å². The molecule has 1 nitrogen and oxygen atoms in total. The van der Waals surface area contributed by atoms with Crippen molar-refractivity contribution in [2.24, 2.45) is 11.7 Å². The second-order valence-corrected chi connectivity index (χ2v) is 4.42. The highest BCUT2D eigenvalue weighted by atomic mass is 14.8. The molecule has 64 valence electrons. The summed E-state index contributed by atoms with van der Waals surface area (Å²) in [5.41, 5.74) is 6.64. The summed E-state index contributed by atoms with van der Waals surface area (Å²) in [6.07, 6.45) is 11.1. The van der Waals surface area contributed by atoms with E-state index in [9.17, 15) is 0 Å². The lowest BCUT2D eigenvalue weighted by Crippen LogP contribution is -2.50. The first-order valence-corrected chi connectivity index (χ1v) is 5.10. The summed E-state index contributed by atoms with van der Waals surface area (Å²) in [6, 6.07) is 0. The van der Waals surface area contributed by atoms with Gasteiger partial charge < -0.3 is 5.73 Å². The SMILES string of the molecule is NC12CCCCC1CCCC2. The maximum atomic E-state index is 6.36. The third-order valence-electron chi connectivity index (χ3n) is 3.70. The van der Waals surface area contributed by atoms with Gasteiger partial charge in [0.05, 0.1) is 0 Å². The summed E-state index contributed by atoms with van der Waals surface area (Å²) in [7, 11) is 0. The molecular formula is C10H19N. The van der Waals surface area contributed by atoms with Crippen LogP contribution in [0.4, 0.5) is 0 Å². The van der Waals surface area contributed by atoms with Gasteiger partial charge >= 0.3 is 0 Å². The molecule has 0 bridgehead atoms. The Morgan fingerprint density at radius 1 is 0.909 bits per heavy atom. The number of fused-ring (bicyclic) bond motifs is 1. The number of hydrogen-bond donors (Lipinski definition) is 1. The molecular weight excluding hydrogens is 134 g/mol. The molecule has 0 aromatic rings. The minimum Gasteiger partial charge on any atom is -0.325 e. The van der Waals surface area contributed by atoms with Crippen LogP contribution in [0, 0.1) is 5.92 Å². The molecule has 0 unspecified atom stereocenters. The smallest absolute Gasteiger partial charge is 0.0182 e. The standard InChI is InChI=1S/C10H19N/c11-10-7-3-1-5-9(10)6-2-4-8-10/h9H,1-8,11H2. The molecule has 0 spiro atoms. The summed E-state index contributed by atoms with van der Waals surface area (Å²) in [5.74, 6) is 0.880. The van der Waals surface area contributed by atoms with Crippen molar-refractivity contribution in [1.82, 2.24) is 0 Å². The van der Waals surface area contributed by atoms with Crippen LogP contribution in [-0.2, 0) is 0 Å². The average molecular weight is 153 g/mol. The molecule has 2 aliphatic rings. The van der Waals surface area contributed by atoms with E-state index in [-0.39, 0.29) is 5.54 Å². The molecule has 2 fully saturated rings. The van der Waals surface area contributed by atoms with Crippen molar-refractivity contribution in [3.63, 3.8) is 0 Å². The lowest BCUT2D eigenvalue weighted by atomic mass is 9.66. The van der Waals surface area contributed by atoms with Crippen molar-refractivity contribution >= 4 is 0 Å². The lowest BCUT2D eigenvalue weighted by Gasteiger charge is -2.44. The van der Waals surface area contributed by atoms with Gasteiger partial charge in [-0.1, -0.05) is 25.7 Å². The fourth-order valence-electron chi connectivity index (χ4n) is 2.94. The van der Waals surface area contributed by atoms with Gasteiger partial charge in [0, 0.05) is 5.54 Å². The molecule has 0 aliphatic heterocycles. The summed E-state index contributed by atoms with van der Waals surface area (Å²) < 4.78 is 0. The Kier molecular flexibility index (Phi) is 1.92. The summed E-state index contributed by atoms with van der Waals surface area (Å²) in [6.45, 7) is 0. The highest BCUT2D eigenvalue weighted by molar-refractivity contribution is 4.96. The van der Waals surface area contributed by atoms with E-state index in [0.717, 1.165) is 5.92 Å². The van der Waals surface area contributed by atoms with Gasteiger partial charge in [-0.2, -0.15) is 0 Å². The third kappa shape index (κ3) is 1.31. The second kappa shape index (κ2) is 2.78. The summed E-state index contributed by atoms with van der Waals surface area (Å²) >= 11 is 0. The first-order valence-electron chi connectivity index (χ1n) is 5.10. The predicted molar refractivity (Wildman–Crippen MR) is 47.3 cm³/mol. The average Bonchev–Trinajstić information content (AvgIpc) is 2.03. The van der Waals surface area contributed by atoms with Gasteiger partial charge in [0.25, 0.3) is 0 Å². The minimum absolute atomic E-state index is 0.274. The van der Waals surface area contributed by atoms with Gasteiger partial charge in [-0.3, -0.25) is 0 Å². The first kappa shape index (κ1) is 7.60. The van der Waals surface area contributed by atoms with Crippen LogP contribution in [0.25, 0.3) is 0 Å². The zero-order chi connectivity index (χ0) is 7.73. The predicted octanol–water partition coefficient (Wildman–Crippen LogP) is 2.45. The largest absolute Gasteiger partial charge is 0.325 e. The van der Waals surface area contributed by atoms with E-state index < -0.39 is 0 Å². The number of nitrogens with two attached hydrogens (primary N) is 1. The van der Waals surface area contributed by atoms with Gasteiger partial charge in [0.15, 0.2) is 0 Å². The fraction of sp³-hybridized carbons (Fsp3) is 1.00. The fourth-order valence-corrected chi connectivity index (χ4v) is 2.94. The molecule has 0 amide bonds. The molecule has 2 N–H and O–H groups in total. The Bertz CT molecular complexity index is 130. The van der Waals surface area contributed by atoms with Crippen molar-refractivity contribution in [1.29, 1.82) is 0 Å². The van der Waals surface area contributed by atoms with Gasteiger partial charge in [0.2, 0.25) is 0 Å². The second-order valence-electron chi connectivity index (χ2n) is 4.42. The summed E-state index contributed by atoms with van der Waals surface area (Å²) in [5, 5.41) is 0. The molecule has 0 saturated heterocycles. The van der Waals surface area contributed by atoms with E-state index in [0.29, 0.717) is 0 Å². The van der Waals surface area contributed by atoms with Crippen LogP contribution in [0.15, 0.2) is 0 Å². The van der Waals surface area contributed by atoms with Gasteiger partial charge in [-0.25, -0.2) is 0 Å². The van der Waals surface area contributed by atoms with E-state index in [4.69, 9.17) is 5.73 Å². The highest BCUT2D eigenvalue weighted by Gasteiger charge is 2.38. The molecule has 2 aliphatic carbocycles. The van der Waals surface area contributed by atoms with Crippen molar-refractivity contribution in [3.05, 3.63) is 0 Å². The van der Waals surface area contributed by atoms with Crippen molar-refractivity contribution < 1.29 is 0 Å². The van der Waals surface area contributed by atoms with Gasteiger partial charge in [-0.15, -0.1) is 0 Å².